The number of ether oxygens (including phenoxy) is 2. The van der Waals surface area contributed by atoms with Gasteiger partial charge in [-0.25, -0.2) is 0 Å². The Balaban J connectivity index is 3.16. The lowest BCUT2D eigenvalue weighted by Gasteiger charge is -1.88. The van der Waals surface area contributed by atoms with Crippen molar-refractivity contribution in [1.29, 1.82) is 0 Å². The summed E-state index contributed by atoms with van der Waals surface area (Å²) in [7, 11) is 1.47. The van der Waals surface area contributed by atoms with Gasteiger partial charge in [-0.15, -0.1) is 0 Å². The molecule has 0 saturated heterocycles. The molecule has 0 aromatic carbocycles. The van der Waals surface area contributed by atoms with Crippen LogP contribution >= 0.6 is 0 Å². The molecule has 0 saturated carbocycles. The van der Waals surface area contributed by atoms with E-state index in [1.807, 2.05) is 0 Å². The van der Waals surface area contributed by atoms with Gasteiger partial charge < -0.3 is 9.47 Å². The molecule has 0 aliphatic heterocycles. The van der Waals surface area contributed by atoms with Crippen LogP contribution in [0.4, 0.5) is 0 Å². The summed E-state index contributed by atoms with van der Waals surface area (Å²) in [5, 5.41) is 0. The fourth-order valence-corrected chi connectivity index (χ4v) is 0.179. The van der Waals surface area contributed by atoms with Gasteiger partial charge in [-0.3, -0.25) is 4.79 Å². The Morgan fingerprint density at radius 1 is 1.50 bits per heavy atom. The Morgan fingerprint density at radius 2 is 2.12 bits per heavy atom. The zero-order valence-corrected chi connectivity index (χ0v) is 4.88. The molecule has 8 heavy (non-hydrogen) atoms. The first kappa shape index (κ1) is 7.01. The fraction of sp³-hybridized carbons (Fsp3) is 0.400. The van der Waals surface area contributed by atoms with E-state index in [9.17, 15) is 4.79 Å². The monoisotopic (exact) mass is 116 g/mol. The van der Waals surface area contributed by atoms with E-state index in [0.717, 1.165) is 0 Å². The van der Waals surface area contributed by atoms with Crippen LogP contribution in [-0.2, 0) is 14.3 Å². The smallest absolute Gasteiger partial charge is 0.307 e. The van der Waals surface area contributed by atoms with E-state index in [-0.39, 0.29) is 5.97 Å². The molecule has 0 radical (unpaired) electrons. The molecule has 0 rings (SSSR count). The molecule has 0 bridgehead atoms. The molecule has 0 atom stereocenters. The number of hydrogen-bond donors (Lipinski definition) is 0. The first-order valence-electron chi connectivity index (χ1n) is 2.12. The molecule has 3 nitrogen and oxygen atoms in total. The molecule has 0 heterocycles. The van der Waals surface area contributed by atoms with Crippen molar-refractivity contribution in [3.05, 3.63) is 12.5 Å². The first-order chi connectivity index (χ1) is 3.77. The fourth-order valence-electron chi connectivity index (χ4n) is 0.179. The number of methoxy groups -OCH3 is 1. The Bertz CT molecular complexity index is 95.8. The molecular formula is C5H8O3. The summed E-state index contributed by atoms with van der Waals surface area (Å²) in [6.07, 6.45) is 2.46. The molecule has 0 aliphatic carbocycles. The van der Waals surface area contributed by atoms with Crippen molar-refractivity contribution in [2.24, 2.45) is 0 Å². The molecule has 0 fully saturated rings. The Labute approximate surface area is 47.9 Å². The van der Waals surface area contributed by atoms with Gasteiger partial charge in [0.05, 0.1) is 7.11 Å². The molecule has 0 aliphatic rings. The second kappa shape index (κ2) is 4.18. The third kappa shape index (κ3) is 5.01. The maximum atomic E-state index is 9.99. The van der Waals surface area contributed by atoms with E-state index in [1.54, 1.807) is 0 Å². The van der Waals surface area contributed by atoms with Gasteiger partial charge in [-0.1, -0.05) is 0 Å². The van der Waals surface area contributed by atoms with Crippen LogP contribution in [0.1, 0.15) is 6.92 Å². The van der Waals surface area contributed by atoms with Crippen LogP contribution in [0.2, 0.25) is 0 Å². The zero-order chi connectivity index (χ0) is 6.41. The quantitative estimate of drug-likeness (QED) is 0.393. The van der Waals surface area contributed by atoms with Crippen molar-refractivity contribution < 1.29 is 14.3 Å². The van der Waals surface area contributed by atoms with Gasteiger partial charge in [-0.2, -0.15) is 0 Å². The normalized spacial score (nSPS) is 9.25. The third-order valence-electron chi connectivity index (χ3n) is 0.426. The summed E-state index contributed by atoms with van der Waals surface area (Å²) in [6, 6.07) is 0. The van der Waals surface area contributed by atoms with Gasteiger partial charge in [0, 0.05) is 6.92 Å². The number of rotatable bonds is 2. The highest BCUT2D eigenvalue weighted by Gasteiger charge is 1.81. The van der Waals surface area contributed by atoms with Crippen LogP contribution in [0.3, 0.4) is 0 Å². The zero-order valence-electron chi connectivity index (χ0n) is 4.88. The Morgan fingerprint density at radius 3 is 2.50 bits per heavy atom. The minimum absolute atomic E-state index is 0.349. The lowest BCUT2D eigenvalue weighted by atomic mass is 10.8. The predicted octanol–water partition coefficient (Wildman–Crippen LogP) is 0.667. The number of esters is 1. The summed E-state index contributed by atoms with van der Waals surface area (Å²) in [4.78, 5) is 9.99. The average molecular weight is 116 g/mol. The topological polar surface area (TPSA) is 35.5 Å². The van der Waals surface area contributed by atoms with Crippen LogP contribution in [-0.4, -0.2) is 13.1 Å². The minimum atomic E-state index is -0.349. The molecule has 0 spiro atoms. The Kier molecular flexibility index (Phi) is 3.66. The van der Waals surface area contributed by atoms with Crippen molar-refractivity contribution in [1.82, 2.24) is 0 Å². The second-order valence-electron chi connectivity index (χ2n) is 1.12. The molecule has 3 heteroatoms. The van der Waals surface area contributed by atoms with E-state index in [0.29, 0.717) is 0 Å². The standard InChI is InChI=1S/C5H8O3/c1-5(6)8-4-3-7-2/h3-4H,1-2H3/b4-3+. The molecule has 0 aromatic heterocycles. The summed E-state index contributed by atoms with van der Waals surface area (Å²) in [6.45, 7) is 1.32. The van der Waals surface area contributed by atoms with Crippen molar-refractivity contribution >= 4 is 5.97 Å². The molecular weight excluding hydrogens is 108 g/mol. The average Bonchev–Trinajstić information content (AvgIpc) is 1.66. The van der Waals surface area contributed by atoms with Crippen LogP contribution < -0.4 is 0 Å². The van der Waals surface area contributed by atoms with Gasteiger partial charge in [0.15, 0.2) is 0 Å². The molecule has 0 aromatic rings. The summed E-state index contributed by atoms with van der Waals surface area (Å²) >= 11 is 0. The largest absolute Gasteiger partial charge is 0.501 e. The number of carbonyl (C=O) groups excluding carboxylic acids is 1. The lowest BCUT2D eigenvalue weighted by molar-refractivity contribution is -0.135. The highest BCUT2D eigenvalue weighted by molar-refractivity contribution is 5.66. The van der Waals surface area contributed by atoms with E-state index < -0.39 is 0 Å². The molecule has 0 unspecified atom stereocenters. The minimum Gasteiger partial charge on any atom is -0.501 e. The van der Waals surface area contributed by atoms with E-state index >= 15 is 0 Å². The summed E-state index contributed by atoms with van der Waals surface area (Å²) in [5.41, 5.74) is 0. The van der Waals surface area contributed by atoms with Crippen LogP contribution in [0.15, 0.2) is 12.5 Å². The number of hydrogen-bond acceptors (Lipinski definition) is 3. The van der Waals surface area contributed by atoms with Crippen molar-refractivity contribution in [3.8, 4) is 0 Å². The highest BCUT2D eigenvalue weighted by atomic mass is 16.5. The molecule has 0 N–H and O–H groups in total. The summed E-state index contributed by atoms with van der Waals surface area (Å²) in [5.74, 6) is -0.349. The first-order valence-corrected chi connectivity index (χ1v) is 2.12. The van der Waals surface area contributed by atoms with Crippen LogP contribution in [0.5, 0.6) is 0 Å². The third-order valence-corrected chi connectivity index (χ3v) is 0.426. The van der Waals surface area contributed by atoms with Crippen LogP contribution in [0.25, 0.3) is 0 Å². The molecule has 0 amide bonds. The van der Waals surface area contributed by atoms with Crippen molar-refractivity contribution in [2.45, 2.75) is 6.92 Å². The van der Waals surface area contributed by atoms with E-state index in [1.165, 1.54) is 26.6 Å². The van der Waals surface area contributed by atoms with Gasteiger partial charge in [0.25, 0.3) is 0 Å². The van der Waals surface area contributed by atoms with Gasteiger partial charge in [-0.05, 0) is 0 Å². The van der Waals surface area contributed by atoms with E-state index in [4.69, 9.17) is 0 Å². The number of carbonyl (C=O) groups is 1. The van der Waals surface area contributed by atoms with Gasteiger partial charge in [0.1, 0.15) is 12.5 Å². The van der Waals surface area contributed by atoms with Gasteiger partial charge in [0.2, 0.25) is 0 Å². The SMILES string of the molecule is CO/C=C/OC(C)=O. The van der Waals surface area contributed by atoms with Crippen molar-refractivity contribution in [3.63, 3.8) is 0 Å². The summed E-state index contributed by atoms with van der Waals surface area (Å²) < 4.78 is 8.77. The van der Waals surface area contributed by atoms with Crippen molar-refractivity contribution in [2.75, 3.05) is 7.11 Å². The van der Waals surface area contributed by atoms with Crippen LogP contribution in [0, 0.1) is 0 Å². The highest BCUT2D eigenvalue weighted by Crippen LogP contribution is 1.77. The molecule has 46 valence electrons. The van der Waals surface area contributed by atoms with Gasteiger partial charge >= 0.3 is 5.97 Å². The maximum Gasteiger partial charge on any atom is 0.307 e. The second-order valence-corrected chi connectivity index (χ2v) is 1.12. The predicted molar refractivity (Wildman–Crippen MR) is 27.9 cm³/mol. The Hall–Kier alpha value is -0.990. The lowest BCUT2D eigenvalue weighted by Crippen LogP contribution is -1.89. The maximum absolute atomic E-state index is 9.99. The van der Waals surface area contributed by atoms with E-state index in [2.05, 4.69) is 9.47 Å².